The van der Waals surface area contributed by atoms with Crippen molar-refractivity contribution in [2.24, 2.45) is 0 Å². The van der Waals surface area contributed by atoms with Crippen LogP contribution in [0.5, 0.6) is 0 Å². The summed E-state index contributed by atoms with van der Waals surface area (Å²) >= 11 is 3.50. The molecule has 0 radical (unpaired) electrons. The Morgan fingerprint density at radius 3 is 2.63 bits per heavy atom. The summed E-state index contributed by atoms with van der Waals surface area (Å²) in [7, 11) is 0. The number of hydrogen-bond donors (Lipinski definition) is 1. The van der Waals surface area contributed by atoms with Gasteiger partial charge in [-0.15, -0.1) is 0 Å². The van der Waals surface area contributed by atoms with E-state index in [1.54, 1.807) is 0 Å². The van der Waals surface area contributed by atoms with Gasteiger partial charge in [-0.05, 0) is 37.5 Å². The van der Waals surface area contributed by atoms with Crippen LogP contribution in [0.1, 0.15) is 31.2 Å². The van der Waals surface area contributed by atoms with E-state index in [0.29, 0.717) is 6.54 Å². The minimum Gasteiger partial charge on any atom is -0.376 e. The molecule has 19 heavy (non-hydrogen) atoms. The van der Waals surface area contributed by atoms with Gasteiger partial charge in [0, 0.05) is 23.2 Å². The molecular formula is C15H21BrN2O. The number of halogens is 1. The van der Waals surface area contributed by atoms with Crippen LogP contribution in [0.4, 0.5) is 5.69 Å². The normalized spacial score (nSPS) is 16.0. The molecule has 1 aromatic carbocycles. The van der Waals surface area contributed by atoms with Crippen LogP contribution >= 0.6 is 15.9 Å². The van der Waals surface area contributed by atoms with Crippen molar-refractivity contribution in [3.63, 3.8) is 0 Å². The van der Waals surface area contributed by atoms with Gasteiger partial charge in [0.15, 0.2) is 0 Å². The zero-order valence-corrected chi connectivity index (χ0v) is 13.0. The van der Waals surface area contributed by atoms with Gasteiger partial charge in [0.1, 0.15) is 0 Å². The van der Waals surface area contributed by atoms with E-state index in [4.69, 9.17) is 0 Å². The van der Waals surface area contributed by atoms with Gasteiger partial charge in [0.05, 0.1) is 6.54 Å². The highest BCUT2D eigenvalue weighted by molar-refractivity contribution is 9.10. The summed E-state index contributed by atoms with van der Waals surface area (Å²) in [5.74, 6) is 0.210. The van der Waals surface area contributed by atoms with Crippen molar-refractivity contribution in [3.8, 4) is 0 Å². The van der Waals surface area contributed by atoms with Gasteiger partial charge in [-0.1, -0.05) is 34.8 Å². The first kappa shape index (κ1) is 14.4. The van der Waals surface area contributed by atoms with Gasteiger partial charge in [-0.2, -0.15) is 0 Å². The number of nitrogens with one attached hydrogen (secondary N) is 1. The standard InChI is InChI=1S/C15H21BrN2O/c1-12-13(16)7-6-8-14(12)17-11-15(19)18-9-4-2-3-5-10-18/h6-8,17H,2-5,9-11H2,1H3. The van der Waals surface area contributed by atoms with Gasteiger partial charge in [-0.3, -0.25) is 4.79 Å². The Morgan fingerprint density at radius 2 is 1.95 bits per heavy atom. The van der Waals surface area contributed by atoms with Gasteiger partial charge >= 0.3 is 0 Å². The summed E-state index contributed by atoms with van der Waals surface area (Å²) in [5.41, 5.74) is 2.17. The molecule has 0 unspecified atom stereocenters. The van der Waals surface area contributed by atoms with Crippen molar-refractivity contribution in [1.82, 2.24) is 4.90 Å². The Bertz CT molecular complexity index is 440. The minimum atomic E-state index is 0.210. The zero-order chi connectivity index (χ0) is 13.7. The number of likely N-dealkylation sites (tertiary alicyclic amines) is 1. The van der Waals surface area contributed by atoms with Crippen molar-refractivity contribution in [2.45, 2.75) is 32.6 Å². The monoisotopic (exact) mass is 324 g/mol. The predicted molar refractivity (Wildman–Crippen MR) is 82.4 cm³/mol. The fourth-order valence-corrected chi connectivity index (χ4v) is 2.77. The lowest BCUT2D eigenvalue weighted by Gasteiger charge is -2.21. The molecule has 1 saturated heterocycles. The summed E-state index contributed by atoms with van der Waals surface area (Å²) in [6.45, 7) is 4.26. The van der Waals surface area contributed by atoms with Crippen molar-refractivity contribution in [3.05, 3.63) is 28.2 Å². The van der Waals surface area contributed by atoms with Crippen LogP contribution in [-0.2, 0) is 4.79 Å². The number of carbonyl (C=O) groups is 1. The molecule has 0 atom stereocenters. The van der Waals surface area contributed by atoms with Crippen molar-refractivity contribution < 1.29 is 4.79 Å². The van der Waals surface area contributed by atoms with Crippen LogP contribution < -0.4 is 5.32 Å². The Hall–Kier alpha value is -1.03. The lowest BCUT2D eigenvalue weighted by molar-refractivity contribution is -0.129. The zero-order valence-electron chi connectivity index (χ0n) is 11.4. The maximum atomic E-state index is 12.2. The van der Waals surface area contributed by atoms with E-state index in [2.05, 4.69) is 21.2 Å². The molecule has 4 heteroatoms. The van der Waals surface area contributed by atoms with Crippen LogP contribution in [0.15, 0.2) is 22.7 Å². The number of hydrogen-bond acceptors (Lipinski definition) is 2. The highest BCUT2D eigenvalue weighted by atomic mass is 79.9. The molecular weight excluding hydrogens is 304 g/mol. The number of anilines is 1. The van der Waals surface area contributed by atoms with Crippen molar-refractivity contribution in [1.29, 1.82) is 0 Å². The second-order valence-corrected chi connectivity index (χ2v) is 5.92. The highest BCUT2D eigenvalue weighted by Gasteiger charge is 2.15. The third-order valence-corrected chi connectivity index (χ3v) is 4.52. The van der Waals surface area contributed by atoms with Crippen LogP contribution in [0.25, 0.3) is 0 Å². The molecule has 0 aliphatic carbocycles. The molecule has 0 aromatic heterocycles. The molecule has 1 N–H and O–H groups in total. The topological polar surface area (TPSA) is 32.3 Å². The number of nitrogens with zero attached hydrogens (tertiary/aromatic N) is 1. The van der Waals surface area contributed by atoms with Crippen LogP contribution in [-0.4, -0.2) is 30.4 Å². The lowest BCUT2D eigenvalue weighted by Crippen LogP contribution is -2.36. The molecule has 1 aromatic rings. The second kappa shape index (κ2) is 6.94. The Kier molecular flexibility index (Phi) is 5.25. The fourth-order valence-electron chi connectivity index (χ4n) is 2.40. The second-order valence-electron chi connectivity index (χ2n) is 5.06. The van der Waals surface area contributed by atoms with E-state index < -0.39 is 0 Å². The number of rotatable bonds is 3. The average molecular weight is 325 g/mol. The largest absolute Gasteiger partial charge is 0.376 e. The van der Waals surface area contributed by atoms with Crippen LogP contribution in [0.3, 0.4) is 0 Å². The summed E-state index contributed by atoms with van der Waals surface area (Å²) in [4.78, 5) is 14.2. The minimum absolute atomic E-state index is 0.210. The van der Waals surface area contributed by atoms with Gasteiger partial charge < -0.3 is 10.2 Å². The molecule has 3 nitrogen and oxygen atoms in total. The van der Waals surface area contributed by atoms with Gasteiger partial charge in [0.25, 0.3) is 0 Å². The van der Waals surface area contributed by atoms with Gasteiger partial charge in [0.2, 0.25) is 5.91 Å². The maximum Gasteiger partial charge on any atom is 0.241 e. The molecule has 0 spiro atoms. The molecule has 104 valence electrons. The fraction of sp³-hybridized carbons (Fsp3) is 0.533. The van der Waals surface area contributed by atoms with Gasteiger partial charge in [-0.25, -0.2) is 0 Å². The average Bonchev–Trinajstić information content (AvgIpc) is 2.69. The number of benzene rings is 1. The number of amides is 1. The third-order valence-electron chi connectivity index (χ3n) is 3.66. The van der Waals surface area contributed by atoms with E-state index in [1.807, 2.05) is 30.0 Å². The lowest BCUT2D eigenvalue weighted by atomic mass is 10.2. The van der Waals surface area contributed by atoms with E-state index >= 15 is 0 Å². The third kappa shape index (κ3) is 3.96. The van der Waals surface area contributed by atoms with E-state index in [0.717, 1.165) is 41.7 Å². The number of carbonyl (C=O) groups excluding carboxylic acids is 1. The first-order valence-electron chi connectivity index (χ1n) is 6.95. The molecule has 0 bridgehead atoms. The van der Waals surface area contributed by atoms with E-state index in [1.165, 1.54) is 12.8 Å². The summed E-state index contributed by atoms with van der Waals surface area (Å²) in [6.07, 6.45) is 4.78. The Balaban J connectivity index is 1.90. The quantitative estimate of drug-likeness (QED) is 0.921. The van der Waals surface area contributed by atoms with Crippen LogP contribution in [0, 0.1) is 6.92 Å². The first-order chi connectivity index (χ1) is 9.18. The summed E-state index contributed by atoms with van der Waals surface area (Å²) < 4.78 is 1.07. The molecule has 1 amide bonds. The summed E-state index contributed by atoms with van der Waals surface area (Å²) in [6, 6.07) is 6.00. The molecule has 1 aliphatic heterocycles. The molecule has 0 saturated carbocycles. The first-order valence-corrected chi connectivity index (χ1v) is 7.74. The van der Waals surface area contributed by atoms with E-state index in [9.17, 15) is 4.79 Å². The predicted octanol–water partition coefficient (Wildman–Crippen LogP) is 3.57. The smallest absolute Gasteiger partial charge is 0.241 e. The molecule has 1 aliphatic rings. The van der Waals surface area contributed by atoms with E-state index in [-0.39, 0.29) is 5.91 Å². The van der Waals surface area contributed by atoms with Crippen molar-refractivity contribution >= 4 is 27.5 Å². The maximum absolute atomic E-state index is 12.2. The summed E-state index contributed by atoms with van der Waals surface area (Å²) in [5, 5.41) is 3.25. The Morgan fingerprint density at radius 1 is 1.26 bits per heavy atom. The van der Waals surface area contributed by atoms with Crippen molar-refractivity contribution in [2.75, 3.05) is 25.0 Å². The van der Waals surface area contributed by atoms with Crippen LogP contribution in [0.2, 0.25) is 0 Å². The molecule has 2 rings (SSSR count). The molecule has 1 fully saturated rings. The highest BCUT2D eigenvalue weighted by Crippen LogP contribution is 2.23. The SMILES string of the molecule is Cc1c(Br)cccc1NCC(=O)N1CCCCCC1. The molecule has 1 heterocycles. The Labute approximate surface area is 123 Å².